The summed E-state index contributed by atoms with van der Waals surface area (Å²) in [4.78, 5) is 12.6. The van der Waals surface area contributed by atoms with E-state index in [0.29, 0.717) is 55.1 Å². The van der Waals surface area contributed by atoms with Crippen LogP contribution in [0, 0.1) is 15.5 Å². The zero-order valence-corrected chi connectivity index (χ0v) is 13.3. The molecule has 9 heteroatoms. The summed E-state index contributed by atoms with van der Waals surface area (Å²) in [5.74, 6) is 1.09. The van der Waals surface area contributed by atoms with Crippen LogP contribution in [0.5, 0.6) is 5.75 Å². The van der Waals surface area contributed by atoms with E-state index in [-0.39, 0.29) is 12.5 Å². The van der Waals surface area contributed by atoms with Crippen molar-refractivity contribution in [2.45, 2.75) is 12.4 Å². The number of rotatable bonds is 3. The molecular formula is C14H17N3O5S. The van der Waals surface area contributed by atoms with Crippen LogP contribution in [0.4, 0.5) is 5.69 Å². The Morgan fingerprint density at radius 1 is 1.35 bits per heavy atom. The number of benzene rings is 1. The molecule has 2 aliphatic rings. The van der Waals surface area contributed by atoms with E-state index in [9.17, 15) is 10.1 Å². The van der Waals surface area contributed by atoms with Gasteiger partial charge in [-0.1, -0.05) is 11.8 Å². The Morgan fingerprint density at radius 2 is 2.13 bits per heavy atom. The van der Waals surface area contributed by atoms with Gasteiger partial charge in [-0.05, 0) is 0 Å². The number of nitrogens with one attached hydrogen (secondary N) is 1. The van der Waals surface area contributed by atoms with Gasteiger partial charge in [0.15, 0.2) is 12.0 Å². The van der Waals surface area contributed by atoms with Crippen molar-refractivity contribution in [3.63, 3.8) is 0 Å². The molecule has 1 saturated heterocycles. The molecule has 0 aliphatic carbocycles. The number of nitrogens with zero attached hydrogens (tertiary/aromatic N) is 2. The number of nitro groups is 1. The molecule has 0 saturated carbocycles. The van der Waals surface area contributed by atoms with E-state index < -0.39 is 4.92 Å². The zero-order valence-electron chi connectivity index (χ0n) is 12.4. The second-order valence-electron chi connectivity index (χ2n) is 5.15. The van der Waals surface area contributed by atoms with E-state index in [1.54, 1.807) is 0 Å². The number of nitro benzene ring substituents is 1. The van der Waals surface area contributed by atoms with Crippen LogP contribution in [0.15, 0.2) is 12.1 Å². The molecule has 2 aliphatic heterocycles. The fourth-order valence-corrected chi connectivity index (χ4v) is 3.37. The Kier molecular flexibility index (Phi) is 4.99. The number of non-ortho nitro benzene ring substituents is 1. The first-order valence-electron chi connectivity index (χ1n) is 7.20. The maximum Gasteiger partial charge on any atom is 0.270 e. The summed E-state index contributed by atoms with van der Waals surface area (Å²) in [5, 5.41) is 19.7. The highest BCUT2D eigenvalue weighted by atomic mass is 32.2. The normalized spacial score (nSPS) is 17.3. The van der Waals surface area contributed by atoms with E-state index in [2.05, 4.69) is 0 Å². The van der Waals surface area contributed by atoms with Crippen LogP contribution in [-0.4, -0.2) is 48.1 Å². The van der Waals surface area contributed by atoms with E-state index in [1.807, 2.05) is 4.90 Å². The minimum absolute atomic E-state index is 0.0198. The lowest BCUT2D eigenvalue weighted by Gasteiger charge is -2.28. The largest absolute Gasteiger partial charge is 0.467 e. The van der Waals surface area contributed by atoms with E-state index in [1.165, 1.54) is 23.9 Å². The van der Waals surface area contributed by atoms with Crippen molar-refractivity contribution in [3.05, 3.63) is 33.4 Å². The Labute approximate surface area is 137 Å². The third kappa shape index (κ3) is 3.74. The first-order chi connectivity index (χ1) is 11.1. The number of hydrogen-bond acceptors (Lipinski definition) is 7. The van der Waals surface area contributed by atoms with Gasteiger partial charge in [-0.2, -0.15) is 0 Å². The van der Waals surface area contributed by atoms with Crippen molar-refractivity contribution in [2.75, 3.05) is 33.1 Å². The van der Waals surface area contributed by atoms with Crippen molar-refractivity contribution < 1.29 is 19.1 Å². The van der Waals surface area contributed by atoms with Gasteiger partial charge in [0, 0.05) is 42.1 Å². The van der Waals surface area contributed by atoms with Crippen LogP contribution < -0.4 is 4.74 Å². The maximum atomic E-state index is 11.1. The monoisotopic (exact) mass is 339 g/mol. The summed E-state index contributed by atoms with van der Waals surface area (Å²) in [5.41, 5.74) is 1.42. The summed E-state index contributed by atoms with van der Waals surface area (Å²) in [7, 11) is 0. The minimum atomic E-state index is -0.420. The number of thioether (sulfide) groups is 1. The van der Waals surface area contributed by atoms with Gasteiger partial charge in [0.05, 0.1) is 24.7 Å². The molecule has 0 bridgehead atoms. The standard InChI is InChI=1S/C14H17N3O5S/c15-14(16-1-3-20-4-2-16)23-8-11-6-12(17(18)19)5-10-7-21-9-22-13(10)11/h5-6,15H,1-4,7-9H2. The van der Waals surface area contributed by atoms with Crippen molar-refractivity contribution >= 4 is 22.6 Å². The molecular weight excluding hydrogens is 322 g/mol. The molecule has 0 atom stereocenters. The third-order valence-corrected chi connectivity index (χ3v) is 4.63. The fraction of sp³-hybridized carbons (Fsp3) is 0.500. The molecule has 0 radical (unpaired) electrons. The highest BCUT2D eigenvalue weighted by Gasteiger charge is 2.22. The molecule has 1 fully saturated rings. The second kappa shape index (κ2) is 7.16. The first-order valence-corrected chi connectivity index (χ1v) is 8.18. The predicted octanol–water partition coefficient (Wildman–Crippen LogP) is 1.96. The molecule has 23 heavy (non-hydrogen) atoms. The van der Waals surface area contributed by atoms with Gasteiger partial charge < -0.3 is 19.1 Å². The highest BCUT2D eigenvalue weighted by Crippen LogP contribution is 2.35. The lowest BCUT2D eigenvalue weighted by atomic mass is 10.1. The van der Waals surface area contributed by atoms with E-state index >= 15 is 0 Å². The Bertz CT molecular complexity index is 619. The molecule has 0 amide bonds. The van der Waals surface area contributed by atoms with Crippen molar-refractivity contribution in [3.8, 4) is 5.75 Å². The van der Waals surface area contributed by atoms with E-state index in [0.717, 1.165) is 5.56 Å². The van der Waals surface area contributed by atoms with Gasteiger partial charge in [0.1, 0.15) is 5.75 Å². The number of ether oxygens (including phenoxy) is 3. The molecule has 3 rings (SSSR count). The summed E-state index contributed by atoms with van der Waals surface area (Å²) in [6.07, 6.45) is 0. The Balaban J connectivity index is 1.74. The van der Waals surface area contributed by atoms with Gasteiger partial charge in [-0.15, -0.1) is 0 Å². The summed E-state index contributed by atoms with van der Waals surface area (Å²) in [6, 6.07) is 3.00. The van der Waals surface area contributed by atoms with Gasteiger partial charge in [-0.25, -0.2) is 0 Å². The summed E-state index contributed by atoms with van der Waals surface area (Å²) in [6.45, 7) is 3.08. The van der Waals surface area contributed by atoms with Gasteiger partial charge in [0.2, 0.25) is 0 Å². The van der Waals surface area contributed by atoms with Crippen LogP contribution >= 0.6 is 11.8 Å². The topological polar surface area (TPSA) is 97.9 Å². The molecule has 2 heterocycles. The Morgan fingerprint density at radius 3 is 2.87 bits per heavy atom. The van der Waals surface area contributed by atoms with Gasteiger partial charge >= 0.3 is 0 Å². The number of fused-ring (bicyclic) bond motifs is 1. The smallest absolute Gasteiger partial charge is 0.270 e. The zero-order chi connectivity index (χ0) is 16.2. The predicted molar refractivity (Wildman–Crippen MR) is 84.8 cm³/mol. The number of hydrogen-bond donors (Lipinski definition) is 1. The lowest BCUT2D eigenvalue weighted by molar-refractivity contribution is -0.385. The fourth-order valence-electron chi connectivity index (χ4n) is 2.50. The minimum Gasteiger partial charge on any atom is -0.467 e. The van der Waals surface area contributed by atoms with E-state index in [4.69, 9.17) is 19.6 Å². The molecule has 1 aromatic rings. The average Bonchev–Trinajstić information content (AvgIpc) is 2.59. The quantitative estimate of drug-likeness (QED) is 0.389. The van der Waals surface area contributed by atoms with Crippen LogP contribution in [0.25, 0.3) is 0 Å². The summed E-state index contributed by atoms with van der Waals surface area (Å²) < 4.78 is 16.0. The number of amidine groups is 1. The van der Waals surface area contributed by atoms with Crippen LogP contribution in [0.3, 0.4) is 0 Å². The average molecular weight is 339 g/mol. The third-order valence-electron chi connectivity index (χ3n) is 3.65. The lowest BCUT2D eigenvalue weighted by Crippen LogP contribution is -2.39. The SMILES string of the molecule is N=C(SCc1cc([N+](=O)[O-])cc2c1OCOC2)N1CCOCC1. The van der Waals surface area contributed by atoms with Crippen LogP contribution in [0.1, 0.15) is 11.1 Å². The van der Waals surface area contributed by atoms with Gasteiger partial charge in [0.25, 0.3) is 5.69 Å². The maximum absolute atomic E-state index is 11.1. The van der Waals surface area contributed by atoms with Crippen molar-refractivity contribution in [2.24, 2.45) is 0 Å². The second-order valence-corrected chi connectivity index (χ2v) is 6.12. The van der Waals surface area contributed by atoms with Crippen LogP contribution in [-0.2, 0) is 21.8 Å². The number of morpholine rings is 1. The molecule has 0 aromatic heterocycles. The van der Waals surface area contributed by atoms with Crippen molar-refractivity contribution in [1.82, 2.24) is 4.90 Å². The molecule has 0 spiro atoms. The highest BCUT2D eigenvalue weighted by molar-refractivity contribution is 8.13. The molecule has 1 aromatic carbocycles. The molecule has 124 valence electrons. The first kappa shape index (κ1) is 16.0. The molecule has 8 nitrogen and oxygen atoms in total. The van der Waals surface area contributed by atoms with Gasteiger partial charge in [-0.3, -0.25) is 15.5 Å². The van der Waals surface area contributed by atoms with Crippen molar-refractivity contribution in [1.29, 1.82) is 5.41 Å². The Hall–Kier alpha value is -1.84. The summed E-state index contributed by atoms with van der Waals surface area (Å²) >= 11 is 1.34. The molecule has 0 unspecified atom stereocenters. The van der Waals surface area contributed by atoms with Crippen LogP contribution in [0.2, 0.25) is 0 Å². The molecule has 1 N–H and O–H groups in total.